The number of carbonyl (C=O) groups is 1. The topological polar surface area (TPSA) is 42.9 Å². The van der Waals surface area contributed by atoms with Crippen LogP contribution < -0.4 is 0 Å². The summed E-state index contributed by atoms with van der Waals surface area (Å²) < 4.78 is 0.735. The summed E-state index contributed by atoms with van der Waals surface area (Å²) in [5.74, 6) is -0.0220. The van der Waals surface area contributed by atoms with Gasteiger partial charge < -0.3 is 0 Å². The summed E-state index contributed by atoms with van der Waals surface area (Å²) in [6.07, 6.45) is 1.89. The van der Waals surface area contributed by atoms with Crippen molar-refractivity contribution in [2.24, 2.45) is 0 Å². The maximum Gasteiger partial charge on any atom is 0.187 e. The van der Waals surface area contributed by atoms with Crippen molar-refractivity contribution >= 4 is 45.7 Å². The molecule has 88 valence electrons. The molecule has 0 aliphatic carbocycles. The van der Waals surface area contributed by atoms with Crippen LogP contribution >= 0.6 is 39.9 Å². The fourth-order valence-corrected chi connectivity index (χ4v) is 1.71. The number of ketones is 1. The van der Waals surface area contributed by atoms with Gasteiger partial charge >= 0.3 is 0 Å². The first-order chi connectivity index (χ1) is 7.75. The van der Waals surface area contributed by atoms with E-state index in [0.717, 1.165) is 10.3 Å². The van der Waals surface area contributed by atoms with Crippen LogP contribution in [-0.2, 0) is 6.42 Å². The number of nitrogens with zero attached hydrogens (tertiary/aromatic N) is 2. The maximum atomic E-state index is 11.8. The minimum atomic E-state index is -0.0220. The third kappa shape index (κ3) is 4.16. The van der Waals surface area contributed by atoms with Crippen LogP contribution in [0.3, 0.4) is 0 Å². The van der Waals surface area contributed by atoms with Crippen LogP contribution in [0.5, 0.6) is 0 Å². The number of pyridine rings is 2. The normalized spacial score (nSPS) is 9.47. The zero-order valence-corrected chi connectivity index (χ0v) is 12.8. The molecule has 0 atom stereocenters. The molecule has 0 fully saturated rings. The van der Waals surface area contributed by atoms with Crippen LogP contribution in [0.1, 0.15) is 16.2 Å². The van der Waals surface area contributed by atoms with Crippen LogP contribution in [0, 0.1) is 0 Å². The van der Waals surface area contributed by atoms with Gasteiger partial charge in [-0.1, -0.05) is 12.1 Å². The zero-order valence-electron chi connectivity index (χ0n) is 8.84. The molecule has 2 rings (SSSR count). The lowest BCUT2D eigenvalue weighted by atomic mass is 10.1. The molecular weight excluding hydrogens is 395 g/mol. The lowest BCUT2D eigenvalue weighted by molar-refractivity contribution is 0.0987. The summed E-state index contributed by atoms with van der Waals surface area (Å²) in [6, 6.07) is 10.8. The Kier molecular flexibility index (Phi) is 5.70. The molecule has 2 aromatic rings. The van der Waals surface area contributed by atoms with E-state index in [4.69, 9.17) is 0 Å². The average molecular weight is 405 g/mol. The predicted molar refractivity (Wildman–Crippen MR) is 79.6 cm³/mol. The fraction of sp³-hybridized carbons (Fsp3) is 0.0833. The van der Waals surface area contributed by atoms with E-state index in [-0.39, 0.29) is 36.2 Å². The number of halogens is 2. The van der Waals surface area contributed by atoms with Gasteiger partial charge in [-0.3, -0.25) is 9.78 Å². The molecule has 2 heterocycles. The van der Waals surface area contributed by atoms with Crippen LogP contribution in [-0.4, -0.2) is 15.8 Å². The lowest BCUT2D eigenvalue weighted by Crippen LogP contribution is -2.06. The van der Waals surface area contributed by atoms with Gasteiger partial charge in [-0.05, 0) is 40.2 Å². The monoisotopic (exact) mass is 404 g/mol. The zero-order chi connectivity index (χ0) is 11.4. The quantitative estimate of drug-likeness (QED) is 0.448. The standard InChI is InChI=1S/C12H9BrN2O.HI/c13-12-6-3-4-9(15-12)8-11(16)10-5-1-2-7-14-10;/h1-7H,8H2;1H. The Bertz CT molecular complexity index is 505. The molecule has 0 unspecified atom stereocenters. The Morgan fingerprint density at radius 2 is 2.00 bits per heavy atom. The number of Topliss-reactive ketones (excluding diaryl/α,β-unsaturated/α-hetero) is 1. The molecule has 0 aliphatic rings. The molecular formula is C12H10BrIN2O. The van der Waals surface area contributed by atoms with Gasteiger partial charge in [0.25, 0.3) is 0 Å². The molecule has 0 aromatic carbocycles. The van der Waals surface area contributed by atoms with Crippen molar-refractivity contribution < 1.29 is 4.79 Å². The highest BCUT2D eigenvalue weighted by Crippen LogP contribution is 2.08. The second-order valence-electron chi connectivity index (χ2n) is 3.27. The molecule has 0 radical (unpaired) electrons. The van der Waals surface area contributed by atoms with Crippen molar-refractivity contribution in [3.05, 3.63) is 58.6 Å². The van der Waals surface area contributed by atoms with E-state index in [9.17, 15) is 4.79 Å². The van der Waals surface area contributed by atoms with Crippen LogP contribution in [0.15, 0.2) is 47.2 Å². The van der Waals surface area contributed by atoms with E-state index in [1.54, 1.807) is 24.4 Å². The van der Waals surface area contributed by atoms with Gasteiger partial charge in [0, 0.05) is 11.9 Å². The minimum absolute atomic E-state index is 0. The second kappa shape index (κ2) is 6.80. The first-order valence-electron chi connectivity index (χ1n) is 4.81. The highest BCUT2D eigenvalue weighted by atomic mass is 127. The van der Waals surface area contributed by atoms with E-state index in [2.05, 4.69) is 25.9 Å². The Hall–Kier alpha value is -0.820. The fourth-order valence-electron chi connectivity index (χ4n) is 1.33. The minimum Gasteiger partial charge on any atom is -0.292 e. The second-order valence-corrected chi connectivity index (χ2v) is 4.08. The van der Waals surface area contributed by atoms with Crippen LogP contribution in [0.25, 0.3) is 0 Å². The van der Waals surface area contributed by atoms with Gasteiger partial charge in [0.15, 0.2) is 5.78 Å². The number of hydrogen-bond donors (Lipinski definition) is 0. The summed E-state index contributed by atoms with van der Waals surface area (Å²) in [4.78, 5) is 20.0. The highest BCUT2D eigenvalue weighted by molar-refractivity contribution is 14.0. The Balaban J connectivity index is 0.00000144. The van der Waals surface area contributed by atoms with E-state index < -0.39 is 0 Å². The van der Waals surface area contributed by atoms with Crippen molar-refractivity contribution in [1.82, 2.24) is 9.97 Å². The molecule has 5 heteroatoms. The van der Waals surface area contributed by atoms with E-state index in [1.165, 1.54) is 0 Å². The summed E-state index contributed by atoms with van der Waals surface area (Å²) in [7, 11) is 0. The van der Waals surface area contributed by atoms with Crippen LogP contribution in [0.4, 0.5) is 0 Å². The lowest BCUT2D eigenvalue weighted by Gasteiger charge is -2.00. The molecule has 2 aromatic heterocycles. The van der Waals surface area contributed by atoms with E-state index in [0.29, 0.717) is 5.69 Å². The van der Waals surface area contributed by atoms with Gasteiger partial charge in [0.05, 0.1) is 6.42 Å². The van der Waals surface area contributed by atoms with Crippen molar-refractivity contribution in [1.29, 1.82) is 0 Å². The van der Waals surface area contributed by atoms with Gasteiger partial charge in [-0.2, -0.15) is 0 Å². The molecule has 0 bridgehead atoms. The average Bonchev–Trinajstić information content (AvgIpc) is 2.30. The van der Waals surface area contributed by atoms with E-state index in [1.807, 2.05) is 18.2 Å². The van der Waals surface area contributed by atoms with E-state index >= 15 is 0 Å². The van der Waals surface area contributed by atoms with Crippen molar-refractivity contribution in [2.75, 3.05) is 0 Å². The smallest absolute Gasteiger partial charge is 0.187 e. The predicted octanol–water partition coefficient (Wildman–Crippen LogP) is 3.28. The first kappa shape index (κ1) is 14.2. The largest absolute Gasteiger partial charge is 0.292 e. The SMILES string of the molecule is I.O=C(Cc1cccc(Br)n1)c1ccccn1. The number of aromatic nitrogens is 2. The van der Waals surface area contributed by atoms with Gasteiger partial charge in [0.2, 0.25) is 0 Å². The number of rotatable bonds is 3. The molecule has 0 saturated heterocycles. The summed E-state index contributed by atoms with van der Waals surface area (Å²) >= 11 is 3.27. The Morgan fingerprint density at radius 3 is 2.65 bits per heavy atom. The number of carbonyl (C=O) groups excluding carboxylic acids is 1. The third-order valence-electron chi connectivity index (χ3n) is 2.07. The summed E-state index contributed by atoms with van der Waals surface area (Å²) in [5.41, 5.74) is 1.22. The Labute approximate surface area is 125 Å². The first-order valence-corrected chi connectivity index (χ1v) is 5.60. The van der Waals surface area contributed by atoms with Crippen LogP contribution in [0.2, 0.25) is 0 Å². The van der Waals surface area contributed by atoms with Crippen molar-refractivity contribution in [3.8, 4) is 0 Å². The number of hydrogen-bond acceptors (Lipinski definition) is 3. The molecule has 0 saturated carbocycles. The van der Waals surface area contributed by atoms with Crippen molar-refractivity contribution in [3.63, 3.8) is 0 Å². The molecule has 17 heavy (non-hydrogen) atoms. The van der Waals surface area contributed by atoms with Gasteiger partial charge in [-0.25, -0.2) is 4.98 Å². The molecule has 0 aliphatic heterocycles. The summed E-state index contributed by atoms with van der Waals surface area (Å²) in [5, 5.41) is 0. The molecule has 0 amide bonds. The molecule has 0 spiro atoms. The maximum absolute atomic E-state index is 11.8. The highest BCUT2D eigenvalue weighted by Gasteiger charge is 2.08. The molecule has 0 N–H and O–H groups in total. The van der Waals surface area contributed by atoms with Crippen molar-refractivity contribution in [2.45, 2.75) is 6.42 Å². The summed E-state index contributed by atoms with van der Waals surface area (Å²) in [6.45, 7) is 0. The molecule has 3 nitrogen and oxygen atoms in total. The third-order valence-corrected chi connectivity index (χ3v) is 2.51. The van der Waals surface area contributed by atoms with Gasteiger partial charge in [0.1, 0.15) is 10.3 Å². The Morgan fingerprint density at radius 1 is 1.18 bits per heavy atom. The van der Waals surface area contributed by atoms with Gasteiger partial charge in [-0.15, -0.1) is 24.0 Å².